The number of methoxy groups -OCH3 is 1. The topological polar surface area (TPSA) is 115 Å². The number of ether oxygens (including phenoxy) is 1. The van der Waals surface area contributed by atoms with Crippen LogP contribution in [0.5, 0.6) is 17.2 Å². The van der Waals surface area contributed by atoms with Crippen LogP contribution in [0.25, 0.3) is 22.2 Å². The molecule has 1 aromatic heterocycles. The Morgan fingerprint density at radius 1 is 1.15 bits per heavy atom. The van der Waals surface area contributed by atoms with Gasteiger partial charge in [0.1, 0.15) is 11.6 Å². The van der Waals surface area contributed by atoms with E-state index in [4.69, 9.17) is 13.8 Å². The highest BCUT2D eigenvalue weighted by Crippen LogP contribution is 2.47. The minimum Gasteiger partial charge on any atom is -0.493 e. The van der Waals surface area contributed by atoms with Crippen molar-refractivity contribution in [1.29, 1.82) is 0 Å². The Balaban J connectivity index is 2.34. The van der Waals surface area contributed by atoms with E-state index in [2.05, 4.69) is 4.98 Å². The van der Waals surface area contributed by atoms with Gasteiger partial charge in [-0.2, -0.15) is 0 Å². The molecule has 0 spiro atoms. The van der Waals surface area contributed by atoms with Gasteiger partial charge < -0.3 is 13.8 Å². The maximum Gasteiger partial charge on any atom is 0.524 e. The van der Waals surface area contributed by atoms with E-state index in [1.807, 2.05) is 0 Å². The van der Waals surface area contributed by atoms with Crippen LogP contribution in [-0.2, 0) is 9.13 Å². The van der Waals surface area contributed by atoms with E-state index in [0.29, 0.717) is 5.56 Å². The SMILES string of the molecule is COc1ccc2nc(-c3cccc(F)c3)cc(OP(=O)(O)O)c2c1OP=O. The van der Waals surface area contributed by atoms with Crippen molar-refractivity contribution >= 4 is 27.4 Å². The Kier molecular flexibility index (Phi) is 5.39. The molecular formula is C16H12FNO7P2. The van der Waals surface area contributed by atoms with Gasteiger partial charge in [-0.1, -0.05) is 12.1 Å². The van der Waals surface area contributed by atoms with Gasteiger partial charge in [-0.15, -0.1) is 0 Å². The van der Waals surface area contributed by atoms with Crippen LogP contribution in [-0.4, -0.2) is 21.9 Å². The smallest absolute Gasteiger partial charge is 0.493 e. The summed E-state index contributed by atoms with van der Waals surface area (Å²) in [6.45, 7) is 0. The molecular weight excluding hydrogens is 399 g/mol. The third-order valence-electron chi connectivity index (χ3n) is 3.54. The molecule has 8 nitrogen and oxygen atoms in total. The second-order valence-corrected chi connectivity index (χ2v) is 6.75. The molecule has 3 rings (SSSR count). The quantitative estimate of drug-likeness (QED) is 0.583. The summed E-state index contributed by atoms with van der Waals surface area (Å²) < 4.78 is 50.9. The van der Waals surface area contributed by atoms with Crippen LogP contribution in [0.15, 0.2) is 42.5 Å². The van der Waals surface area contributed by atoms with Crippen LogP contribution in [0.1, 0.15) is 0 Å². The van der Waals surface area contributed by atoms with E-state index >= 15 is 0 Å². The van der Waals surface area contributed by atoms with Gasteiger partial charge in [0, 0.05) is 11.6 Å². The monoisotopic (exact) mass is 411 g/mol. The van der Waals surface area contributed by atoms with Crippen LogP contribution in [0.3, 0.4) is 0 Å². The summed E-state index contributed by atoms with van der Waals surface area (Å²) >= 11 is 0. The second kappa shape index (κ2) is 7.58. The van der Waals surface area contributed by atoms with Gasteiger partial charge in [-0.25, -0.2) is 18.5 Å². The maximum absolute atomic E-state index is 13.5. The normalized spacial score (nSPS) is 11.6. The minimum atomic E-state index is -4.95. The molecule has 1 heterocycles. The number of halogens is 1. The summed E-state index contributed by atoms with van der Waals surface area (Å²) in [6.07, 6.45) is 0. The Bertz CT molecular complexity index is 1070. The van der Waals surface area contributed by atoms with Gasteiger partial charge in [0.15, 0.2) is 11.5 Å². The summed E-state index contributed by atoms with van der Waals surface area (Å²) in [7, 11) is -4.33. The van der Waals surface area contributed by atoms with E-state index in [1.165, 1.54) is 43.5 Å². The molecule has 0 radical (unpaired) electrons. The summed E-state index contributed by atoms with van der Waals surface area (Å²) in [5.74, 6) is -0.712. The summed E-state index contributed by atoms with van der Waals surface area (Å²) in [4.78, 5) is 22.9. The number of aromatic nitrogens is 1. The van der Waals surface area contributed by atoms with E-state index in [-0.39, 0.29) is 33.8 Å². The Morgan fingerprint density at radius 2 is 1.93 bits per heavy atom. The number of hydrogen-bond acceptors (Lipinski definition) is 6. The molecule has 0 amide bonds. The average molecular weight is 411 g/mol. The molecule has 0 aliphatic heterocycles. The fourth-order valence-corrected chi connectivity index (χ4v) is 3.18. The van der Waals surface area contributed by atoms with Gasteiger partial charge in [-0.3, -0.25) is 9.79 Å². The third kappa shape index (κ3) is 4.23. The van der Waals surface area contributed by atoms with E-state index < -0.39 is 22.3 Å². The molecule has 0 atom stereocenters. The molecule has 0 saturated carbocycles. The van der Waals surface area contributed by atoms with E-state index in [9.17, 15) is 23.3 Å². The predicted octanol–water partition coefficient (Wildman–Crippen LogP) is 4.11. The van der Waals surface area contributed by atoms with Crippen molar-refractivity contribution < 1.29 is 37.1 Å². The van der Waals surface area contributed by atoms with Gasteiger partial charge in [0.05, 0.1) is 23.7 Å². The molecule has 0 fully saturated rings. The highest BCUT2D eigenvalue weighted by Gasteiger charge is 2.24. The van der Waals surface area contributed by atoms with Crippen molar-refractivity contribution in [3.63, 3.8) is 0 Å². The lowest BCUT2D eigenvalue weighted by atomic mass is 10.1. The van der Waals surface area contributed by atoms with Crippen molar-refractivity contribution in [3.05, 3.63) is 48.3 Å². The zero-order chi connectivity index (χ0) is 19.6. The molecule has 11 heteroatoms. The zero-order valence-corrected chi connectivity index (χ0v) is 15.5. The van der Waals surface area contributed by atoms with Crippen LogP contribution < -0.4 is 13.8 Å². The molecule has 0 bridgehead atoms. The lowest BCUT2D eigenvalue weighted by Crippen LogP contribution is -1.97. The molecule has 2 N–H and O–H groups in total. The summed E-state index contributed by atoms with van der Waals surface area (Å²) in [5.41, 5.74) is 0.786. The first-order chi connectivity index (χ1) is 12.8. The standard InChI is InChI=1S/C16H12FNO7P2/c1-23-13-6-5-11-15(16(13)24-26-19)14(25-27(20,21)22)8-12(18-11)9-3-2-4-10(17)7-9/h2-8H,1H3,(H2,20,21,22). The lowest BCUT2D eigenvalue weighted by molar-refractivity contribution is 0.284. The largest absolute Gasteiger partial charge is 0.524 e. The highest BCUT2D eigenvalue weighted by molar-refractivity contribution is 7.46. The molecule has 0 unspecified atom stereocenters. The van der Waals surface area contributed by atoms with Crippen molar-refractivity contribution in [2.75, 3.05) is 7.11 Å². The predicted molar refractivity (Wildman–Crippen MR) is 94.6 cm³/mol. The number of phosphoric acid groups is 1. The van der Waals surface area contributed by atoms with Gasteiger partial charge in [0.25, 0.3) is 0 Å². The van der Waals surface area contributed by atoms with Crippen molar-refractivity contribution in [2.24, 2.45) is 0 Å². The number of nitrogens with zero attached hydrogens (tertiary/aromatic N) is 1. The number of phosphoric ester groups is 1. The number of benzene rings is 2. The molecule has 27 heavy (non-hydrogen) atoms. The molecule has 140 valence electrons. The van der Waals surface area contributed by atoms with Crippen LogP contribution in [0.2, 0.25) is 0 Å². The first-order valence-corrected chi connectivity index (χ1v) is 9.61. The molecule has 2 aromatic carbocycles. The van der Waals surface area contributed by atoms with Crippen LogP contribution >= 0.6 is 16.5 Å². The van der Waals surface area contributed by atoms with Gasteiger partial charge in [0.2, 0.25) is 0 Å². The maximum atomic E-state index is 13.5. The van der Waals surface area contributed by atoms with Crippen molar-refractivity contribution in [2.45, 2.75) is 0 Å². The molecule has 0 aliphatic carbocycles. The highest BCUT2D eigenvalue weighted by atomic mass is 31.2. The first kappa shape index (κ1) is 19.2. The first-order valence-electron chi connectivity index (χ1n) is 7.35. The van der Waals surface area contributed by atoms with E-state index in [1.54, 1.807) is 6.07 Å². The number of fused-ring (bicyclic) bond motifs is 1. The Hall–Kier alpha value is -2.57. The Labute approximate surface area is 154 Å². The molecule has 0 aliphatic rings. The van der Waals surface area contributed by atoms with Gasteiger partial charge >= 0.3 is 16.5 Å². The zero-order valence-electron chi connectivity index (χ0n) is 13.7. The number of pyridine rings is 1. The average Bonchev–Trinajstić information content (AvgIpc) is 2.60. The van der Waals surface area contributed by atoms with Crippen LogP contribution in [0, 0.1) is 5.82 Å². The van der Waals surface area contributed by atoms with E-state index in [0.717, 1.165) is 0 Å². The number of rotatable bonds is 6. The molecule has 3 aromatic rings. The number of hydrogen-bond donors (Lipinski definition) is 2. The summed E-state index contributed by atoms with van der Waals surface area (Å²) in [5, 5.41) is 0.0428. The van der Waals surface area contributed by atoms with Crippen LogP contribution in [0.4, 0.5) is 4.39 Å². The lowest BCUT2D eigenvalue weighted by Gasteiger charge is -2.15. The molecule has 0 saturated heterocycles. The fourth-order valence-electron chi connectivity index (χ4n) is 2.53. The van der Waals surface area contributed by atoms with Crippen molar-refractivity contribution in [3.8, 4) is 28.5 Å². The van der Waals surface area contributed by atoms with Crippen molar-refractivity contribution in [1.82, 2.24) is 4.98 Å². The fraction of sp³-hybridized carbons (Fsp3) is 0.0625. The summed E-state index contributed by atoms with van der Waals surface area (Å²) in [6, 6.07) is 9.72. The second-order valence-electron chi connectivity index (χ2n) is 5.25. The third-order valence-corrected chi connectivity index (χ3v) is 4.23. The minimum absolute atomic E-state index is 0.0428. The Morgan fingerprint density at radius 3 is 2.56 bits per heavy atom. The van der Waals surface area contributed by atoms with Gasteiger partial charge in [-0.05, 0) is 24.3 Å².